The van der Waals surface area contributed by atoms with Crippen molar-refractivity contribution < 1.29 is 4.79 Å². The van der Waals surface area contributed by atoms with Crippen molar-refractivity contribution >= 4 is 34.2 Å². The van der Waals surface area contributed by atoms with Crippen molar-refractivity contribution in [2.24, 2.45) is 0 Å². The van der Waals surface area contributed by atoms with E-state index in [1.807, 2.05) is 19.1 Å². The van der Waals surface area contributed by atoms with E-state index in [1.165, 1.54) is 0 Å². The van der Waals surface area contributed by atoms with Gasteiger partial charge in [-0.05, 0) is 42.8 Å². The van der Waals surface area contributed by atoms with Crippen LogP contribution in [-0.2, 0) is 0 Å². The van der Waals surface area contributed by atoms with Crippen molar-refractivity contribution in [3.8, 4) is 0 Å². The van der Waals surface area contributed by atoms with Crippen LogP contribution in [0.15, 0.2) is 42.7 Å². The third-order valence-electron chi connectivity index (χ3n) is 3.13. The van der Waals surface area contributed by atoms with E-state index in [0.717, 1.165) is 16.6 Å². The second-order valence-electron chi connectivity index (χ2n) is 4.55. The van der Waals surface area contributed by atoms with Crippen LogP contribution in [0.1, 0.15) is 15.9 Å². The molecule has 0 saturated heterocycles. The highest BCUT2D eigenvalue weighted by molar-refractivity contribution is 6.31. The number of nitrogens with zero attached hydrogens (tertiary/aromatic N) is 1. The second-order valence-corrected chi connectivity index (χ2v) is 4.98. The number of aryl methyl sites for hydroxylation is 1. The third kappa shape index (κ3) is 2.38. The van der Waals surface area contributed by atoms with Gasteiger partial charge in [0.15, 0.2) is 0 Å². The smallest absolute Gasteiger partial charge is 0.255 e. The molecule has 2 N–H and O–H groups in total. The molecule has 0 radical (unpaired) electrons. The largest absolute Gasteiger partial charge is 0.345 e. The number of aromatic nitrogens is 2. The molecule has 0 spiro atoms. The molecule has 2 aromatic carbocycles. The number of amides is 1. The van der Waals surface area contributed by atoms with E-state index in [2.05, 4.69) is 15.3 Å². The molecule has 0 aliphatic carbocycles. The number of fused-ring (bicyclic) bond motifs is 1. The first-order valence-electron chi connectivity index (χ1n) is 6.14. The summed E-state index contributed by atoms with van der Waals surface area (Å²) >= 11 is 5.95. The Kier molecular flexibility index (Phi) is 3.16. The van der Waals surface area contributed by atoms with Crippen LogP contribution in [0.4, 0.5) is 5.69 Å². The molecule has 4 nitrogen and oxygen atoms in total. The van der Waals surface area contributed by atoms with Crippen molar-refractivity contribution in [2.45, 2.75) is 6.92 Å². The molecule has 0 bridgehead atoms. The lowest BCUT2D eigenvalue weighted by Gasteiger charge is -2.08. The number of halogens is 1. The van der Waals surface area contributed by atoms with E-state index >= 15 is 0 Å². The van der Waals surface area contributed by atoms with Crippen LogP contribution in [0.5, 0.6) is 0 Å². The average Bonchev–Trinajstić information content (AvgIpc) is 2.90. The first-order chi connectivity index (χ1) is 9.63. The number of anilines is 1. The fourth-order valence-corrected chi connectivity index (χ4v) is 2.17. The molecule has 3 aromatic rings. The molecule has 0 atom stereocenters. The quantitative estimate of drug-likeness (QED) is 0.753. The first-order valence-corrected chi connectivity index (χ1v) is 6.52. The number of H-pyrrole nitrogens is 1. The zero-order chi connectivity index (χ0) is 14.1. The summed E-state index contributed by atoms with van der Waals surface area (Å²) in [4.78, 5) is 19.4. The van der Waals surface area contributed by atoms with Crippen molar-refractivity contribution in [1.29, 1.82) is 0 Å². The monoisotopic (exact) mass is 285 g/mol. The number of carbonyl (C=O) groups is 1. The Morgan fingerprint density at radius 2 is 2.10 bits per heavy atom. The lowest BCUT2D eigenvalue weighted by atomic mass is 10.1. The van der Waals surface area contributed by atoms with Gasteiger partial charge in [0.1, 0.15) is 0 Å². The summed E-state index contributed by atoms with van der Waals surface area (Å²) < 4.78 is 0. The Labute approximate surface area is 120 Å². The minimum atomic E-state index is -0.174. The van der Waals surface area contributed by atoms with Crippen LogP contribution in [0, 0.1) is 6.92 Å². The fourth-order valence-electron chi connectivity index (χ4n) is 2.00. The Bertz CT molecular complexity index is 795. The number of hydrogen-bond donors (Lipinski definition) is 2. The van der Waals surface area contributed by atoms with E-state index in [1.54, 1.807) is 30.6 Å². The number of imidazole rings is 1. The van der Waals surface area contributed by atoms with Gasteiger partial charge in [0.2, 0.25) is 0 Å². The van der Waals surface area contributed by atoms with Gasteiger partial charge in [-0.2, -0.15) is 0 Å². The molecule has 1 aromatic heterocycles. The molecular weight excluding hydrogens is 274 g/mol. The molecule has 20 heavy (non-hydrogen) atoms. The predicted octanol–water partition coefficient (Wildman–Crippen LogP) is 3.78. The van der Waals surface area contributed by atoms with E-state index in [0.29, 0.717) is 16.3 Å². The average molecular weight is 286 g/mol. The van der Waals surface area contributed by atoms with Gasteiger partial charge in [0, 0.05) is 16.3 Å². The van der Waals surface area contributed by atoms with Crippen LogP contribution < -0.4 is 5.32 Å². The van der Waals surface area contributed by atoms with Gasteiger partial charge in [-0.3, -0.25) is 4.79 Å². The van der Waals surface area contributed by atoms with E-state index in [4.69, 9.17) is 11.6 Å². The van der Waals surface area contributed by atoms with Crippen molar-refractivity contribution in [3.05, 3.63) is 58.9 Å². The van der Waals surface area contributed by atoms with Gasteiger partial charge in [-0.25, -0.2) is 4.98 Å². The van der Waals surface area contributed by atoms with Gasteiger partial charge < -0.3 is 10.3 Å². The summed E-state index contributed by atoms with van der Waals surface area (Å²) in [6.45, 7) is 1.92. The maximum absolute atomic E-state index is 12.3. The van der Waals surface area contributed by atoms with Gasteiger partial charge in [0.05, 0.1) is 17.4 Å². The topological polar surface area (TPSA) is 57.8 Å². The molecule has 0 fully saturated rings. The summed E-state index contributed by atoms with van der Waals surface area (Å²) in [5, 5.41) is 3.46. The molecular formula is C15H12ClN3O. The summed E-state index contributed by atoms with van der Waals surface area (Å²) in [6, 6.07) is 10.7. The lowest BCUT2D eigenvalue weighted by Crippen LogP contribution is -2.12. The second kappa shape index (κ2) is 4.98. The van der Waals surface area contributed by atoms with Gasteiger partial charge >= 0.3 is 0 Å². The summed E-state index contributed by atoms with van der Waals surface area (Å²) in [7, 11) is 0. The Morgan fingerprint density at radius 3 is 2.95 bits per heavy atom. The number of rotatable bonds is 2. The van der Waals surface area contributed by atoms with Crippen molar-refractivity contribution in [2.75, 3.05) is 5.32 Å². The molecule has 0 unspecified atom stereocenters. The number of nitrogens with one attached hydrogen (secondary N) is 2. The van der Waals surface area contributed by atoms with E-state index in [9.17, 15) is 4.79 Å². The third-order valence-corrected chi connectivity index (χ3v) is 3.37. The van der Waals surface area contributed by atoms with Crippen LogP contribution in [-0.4, -0.2) is 15.9 Å². The van der Waals surface area contributed by atoms with Crippen molar-refractivity contribution in [3.63, 3.8) is 0 Å². The zero-order valence-corrected chi connectivity index (χ0v) is 11.5. The van der Waals surface area contributed by atoms with Gasteiger partial charge in [-0.15, -0.1) is 0 Å². The Balaban J connectivity index is 1.90. The van der Waals surface area contributed by atoms with Crippen LogP contribution >= 0.6 is 11.6 Å². The minimum absolute atomic E-state index is 0.174. The maximum Gasteiger partial charge on any atom is 0.255 e. The molecule has 1 amide bonds. The van der Waals surface area contributed by atoms with Gasteiger partial charge in [0.25, 0.3) is 5.91 Å². The van der Waals surface area contributed by atoms with Crippen LogP contribution in [0.3, 0.4) is 0 Å². The SMILES string of the molecule is Cc1ccc(Cl)cc1NC(=O)c1ccc2nc[nH]c2c1. The summed E-state index contributed by atoms with van der Waals surface area (Å²) in [5.74, 6) is -0.174. The molecule has 1 heterocycles. The van der Waals surface area contributed by atoms with Gasteiger partial charge in [-0.1, -0.05) is 17.7 Å². The molecule has 5 heteroatoms. The normalized spacial score (nSPS) is 10.7. The number of hydrogen-bond acceptors (Lipinski definition) is 2. The fraction of sp³-hybridized carbons (Fsp3) is 0.0667. The number of carbonyl (C=O) groups excluding carboxylic acids is 1. The minimum Gasteiger partial charge on any atom is -0.345 e. The highest BCUT2D eigenvalue weighted by Crippen LogP contribution is 2.21. The standard InChI is InChI=1S/C15H12ClN3O/c1-9-2-4-11(16)7-13(9)19-15(20)10-3-5-12-14(6-10)18-8-17-12/h2-8H,1H3,(H,17,18)(H,19,20). The summed E-state index contributed by atoms with van der Waals surface area (Å²) in [6.07, 6.45) is 1.60. The zero-order valence-electron chi connectivity index (χ0n) is 10.8. The van der Waals surface area contributed by atoms with E-state index in [-0.39, 0.29) is 5.91 Å². The molecule has 0 aliphatic rings. The maximum atomic E-state index is 12.3. The molecule has 0 saturated carbocycles. The van der Waals surface area contributed by atoms with Crippen LogP contribution in [0.25, 0.3) is 11.0 Å². The van der Waals surface area contributed by atoms with Crippen molar-refractivity contribution in [1.82, 2.24) is 9.97 Å². The Hall–Kier alpha value is -2.33. The van der Waals surface area contributed by atoms with E-state index < -0.39 is 0 Å². The summed E-state index contributed by atoms with van der Waals surface area (Å²) in [5.41, 5.74) is 3.92. The highest BCUT2D eigenvalue weighted by Gasteiger charge is 2.09. The molecule has 0 aliphatic heterocycles. The highest BCUT2D eigenvalue weighted by atomic mass is 35.5. The molecule has 100 valence electrons. The first kappa shape index (κ1) is 12.7. The number of aromatic amines is 1. The Morgan fingerprint density at radius 1 is 1.25 bits per heavy atom. The number of benzene rings is 2. The lowest BCUT2D eigenvalue weighted by molar-refractivity contribution is 0.102. The van der Waals surface area contributed by atoms with Crippen LogP contribution in [0.2, 0.25) is 5.02 Å². The predicted molar refractivity (Wildman–Crippen MR) is 80.2 cm³/mol. The molecule has 3 rings (SSSR count).